The Labute approximate surface area is 590 Å². The maximum atomic E-state index is 11.4. The van der Waals surface area contributed by atoms with Gasteiger partial charge in [-0.1, -0.05) is 159 Å². The van der Waals surface area contributed by atoms with E-state index in [-0.39, 0.29) is 65.7 Å². The van der Waals surface area contributed by atoms with Crippen molar-refractivity contribution in [2.24, 2.45) is 76.2 Å². The summed E-state index contributed by atoms with van der Waals surface area (Å²) in [6, 6.07) is 0. The van der Waals surface area contributed by atoms with E-state index in [0.29, 0.717) is 55.1 Å². The predicted octanol–water partition coefficient (Wildman–Crippen LogP) is 18.8. The number of ether oxygens (including phenoxy) is 8. The van der Waals surface area contributed by atoms with Crippen molar-refractivity contribution in [2.75, 3.05) is 81.7 Å². The van der Waals surface area contributed by atoms with Crippen LogP contribution in [0.15, 0.2) is 0 Å². The largest absolute Gasteiger partial charge is 0.508 e. The van der Waals surface area contributed by atoms with Gasteiger partial charge in [0.25, 0.3) is 0 Å². The Morgan fingerprint density at radius 3 is 1.04 bits per heavy atom. The zero-order valence-corrected chi connectivity index (χ0v) is 70.7. The van der Waals surface area contributed by atoms with Crippen molar-refractivity contribution >= 4 is 36.2 Å². The molecule has 0 rings (SSSR count). The first-order chi connectivity index (χ1) is 42.7. The third-order valence-electron chi connectivity index (χ3n) is 12.4. The molecular weight excluding hydrogens is 1200 g/mol. The van der Waals surface area contributed by atoms with Crippen molar-refractivity contribution < 1.29 is 71.1 Å². The van der Waals surface area contributed by atoms with Crippen LogP contribution in [-0.2, 0) is 57.1 Å². The normalized spacial score (nSPS) is 12.3. The summed E-state index contributed by atoms with van der Waals surface area (Å²) in [6.07, 6.45) is 4.43. The van der Waals surface area contributed by atoms with E-state index in [4.69, 9.17) is 43.6 Å². The molecule has 0 fully saturated rings. The Morgan fingerprint density at radius 1 is 0.474 bits per heavy atom. The van der Waals surface area contributed by atoms with Gasteiger partial charge in [0.15, 0.2) is 0 Å². The number of rotatable bonds is 26. The standard InChI is InChI=1S/C10H20O2.C9H18O3.C9H18O2.C8H20N.C8H16O3.C8H16O2.C7H17N.C7H14O2.C6H15N.C5H13N/c1-7(2)8(3)12-9(11)10(4,5)6;1-7(2)6-11-8(10)12-9(3,4)5;1-6(2)8(5)11-9(10)7(3)4;1-8(2)6-7-9(3,4)5;1-6(2)5-10-8(9)11-7(3)4;1-5-8(9)10-7(4)6(2)3;1-7(2)5-6-8(3)4;1-5(2)6(3)9-7(4)8;1-6(2)4-5-7-3;1-5(2)3-4-6/h7-8H,1-6H3;7H,6H2,1-5H3;6-8H,1-5H3;8H,6-7H2,1-5H3;6-7H,5H2,1-4H3;6-7H,5H2,1-4H3;7H,5-6H2,1-4H3;5-6H,1-4H3;6-7H,4-5H2,1-3H3;5H,3-4,6H2,1-2H3/q;;;+1;;;;;;. The van der Waals surface area contributed by atoms with Crippen LogP contribution in [-0.4, -0.2) is 163 Å². The van der Waals surface area contributed by atoms with Crippen LogP contribution in [0.2, 0.25) is 0 Å². The molecule has 578 valence electrons. The van der Waals surface area contributed by atoms with Crippen LogP contribution in [0.5, 0.6) is 0 Å². The molecule has 0 aromatic rings. The molecule has 0 bridgehead atoms. The van der Waals surface area contributed by atoms with Crippen LogP contribution >= 0.6 is 0 Å². The first-order valence-corrected chi connectivity index (χ1v) is 36.0. The molecule has 18 heteroatoms. The van der Waals surface area contributed by atoms with Gasteiger partial charge in [-0.3, -0.25) is 19.2 Å². The fourth-order valence-electron chi connectivity index (χ4n) is 4.67. The zero-order valence-electron chi connectivity index (χ0n) is 70.7. The van der Waals surface area contributed by atoms with Crippen molar-refractivity contribution in [3.05, 3.63) is 0 Å². The summed E-state index contributed by atoms with van der Waals surface area (Å²) < 4.78 is 40.6. The predicted molar refractivity (Wildman–Crippen MR) is 404 cm³/mol. The van der Waals surface area contributed by atoms with E-state index in [1.54, 1.807) is 20.8 Å². The van der Waals surface area contributed by atoms with Gasteiger partial charge in [0.2, 0.25) is 0 Å². The molecule has 4 atom stereocenters. The van der Waals surface area contributed by atoms with Gasteiger partial charge in [-0.05, 0) is 209 Å². The Balaban J connectivity index is -0.000000106. The number of nitrogens with zero attached hydrogens (tertiary/aromatic N) is 2. The Hall–Kier alpha value is -3.74. The van der Waals surface area contributed by atoms with E-state index in [1.807, 2.05) is 173 Å². The number of hydrogen-bond acceptors (Lipinski definition) is 17. The summed E-state index contributed by atoms with van der Waals surface area (Å²) in [6.45, 7) is 76.5. The Kier molecular flexibility index (Phi) is 79.9. The summed E-state index contributed by atoms with van der Waals surface area (Å²) in [4.78, 5) is 67.3. The van der Waals surface area contributed by atoms with E-state index in [1.165, 1.54) is 39.3 Å². The van der Waals surface area contributed by atoms with Crippen molar-refractivity contribution in [1.82, 2.24) is 10.2 Å². The SMILES string of the molecule is CC(=O)OC(C)C(C)C.CC(C)C(=O)OC(C)C(C)C.CC(C)C(C)OC(=O)C(C)(C)C.CC(C)CCN.CC(C)CCN(C)C.CC(C)CC[N+](C)(C)C.CC(C)COC(=O)OC(C)(C)C.CC(C)COC(=O)OC(C)C.CCC(=O)OC(C)C(C)C.CNCCC(C)C. The molecule has 95 heavy (non-hydrogen) atoms. The number of nitrogens with two attached hydrogens (primary N) is 1. The van der Waals surface area contributed by atoms with E-state index < -0.39 is 17.9 Å². The van der Waals surface area contributed by atoms with Gasteiger partial charge in [0.05, 0.1) is 58.3 Å². The number of carbonyl (C=O) groups excluding carboxylic acids is 6. The second-order valence-electron chi connectivity index (χ2n) is 32.2. The van der Waals surface area contributed by atoms with Gasteiger partial charge in [-0.25, -0.2) is 9.59 Å². The van der Waals surface area contributed by atoms with Crippen molar-refractivity contribution in [3.8, 4) is 0 Å². The number of nitrogens with one attached hydrogen (secondary N) is 1. The van der Waals surface area contributed by atoms with Gasteiger partial charge in [-0.15, -0.1) is 0 Å². The summed E-state index contributed by atoms with van der Waals surface area (Å²) in [5.41, 5.74) is 4.38. The van der Waals surface area contributed by atoms with E-state index in [0.717, 1.165) is 47.7 Å². The number of quaternary nitrogens is 1. The van der Waals surface area contributed by atoms with Crippen LogP contribution in [0.25, 0.3) is 0 Å². The Morgan fingerprint density at radius 2 is 0.832 bits per heavy atom. The highest BCUT2D eigenvalue weighted by molar-refractivity contribution is 5.75. The third kappa shape index (κ3) is 118. The molecule has 0 radical (unpaired) electrons. The number of hydrogen-bond donors (Lipinski definition) is 2. The average molecular weight is 1370 g/mol. The molecule has 0 spiro atoms. The second-order valence-corrected chi connectivity index (χ2v) is 32.2. The molecule has 0 aromatic carbocycles. The van der Waals surface area contributed by atoms with Crippen molar-refractivity contribution in [3.63, 3.8) is 0 Å². The molecule has 0 aliphatic rings. The molecule has 0 saturated carbocycles. The van der Waals surface area contributed by atoms with Gasteiger partial charge < -0.3 is 58.3 Å². The quantitative estimate of drug-likeness (QED) is 0.0467. The van der Waals surface area contributed by atoms with Crippen LogP contribution in [0.4, 0.5) is 9.59 Å². The monoisotopic (exact) mass is 1370 g/mol. The number of esters is 4. The van der Waals surface area contributed by atoms with E-state index in [9.17, 15) is 28.8 Å². The van der Waals surface area contributed by atoms with Crippen molar-refractivity contribution in [2.45, 2.75) is 317 Å². The topological polar surface area (TPSA) is 218 Å². The maximum Gasteiger partial charge on any atom is 0.508 e. The van der Waals surface area contributed by atoms with Crippen molar-refractivity contribution in [1.29, 1.82) is 0 Å². The molecule has 0 aliphatic heterocycles. The Bertz CT molecular complexity index is 1740. The van der Waals surface area contributed by atoms with Crippen LogP contribution < -0.4 is 11.1 Å². The molecule has 0 amide bonds. The molecule has 18 nitrogen and oxygen atoms in total. The van der Waals surface area contributed by atoms with Crippen LogP contribution in [0, 0.1) is 70.5 Å². The highest BCUT2D eigenvalue weighted by Gasteiger charge is 2.26. The first-order valence-electron chi connectivity index (χ1n) is 36.0. The molecule has 0 saturated heterocycles. The fraction of sp³-hybridized carbons (Fsp3) is 0.922. The average Bonchev–Trinajstić information content (AvgIpc) is 0.993. The number of carbonyl (C=O) groups is 6. The highest BCUT2D eigenvalue weighted by atomic mass is 16.7. The lowest BCUT2D eigenvalue weighted by molar-refractivity contribution is -0.870. The molecule has 0 aliphatic carbocycles. The minimum Gasteiger partial charge on any atom is -0.463 e. The zero-order chi connectivity index (χ0) is 77.9. The lowest BCUT2D eigenvalue weighted by Gasteiger charge is -2.24. The van der Waals surface area contributed by atoms with E-state index >= 15 is 0 Å². The molecule has 3 N–H and O–H groups in total. The molecule has 4 unspecified atom stereocenters. The third-order valence-corrected chi connectivity index (χ3v) is 12.4. The summed E-state index contributed by atoms with van der Waals surface area (Å²) in [7, 11) is 12.9. The highest BCUT2D eigenvalue weighted by Crippen LogP contribution is 2.18. The summed E-state index contributed by atoms with van der Waals surface area (Å²) >= 11 is 0. The fourth-order valence-corrected chi connectivity index (χ4v) is 4.67. The van der Waals surface area contributed by atoms with Gasteiger partial charge in [0, 0.05) is 13.3 Å². The lowest BCUT2D eigenvalue weighted by atomic mass is 9.97. The lowest BCUT2D eigenvalue weighted by Crippen LogP contribution is -2.35. The maximum absolute atomic E-state index is 11.4. The smallest absolute Gasteiger partial charge is 0.463 e. The first kappa shape index (κ1) is 113. The van der Waals surface area contributed by atoms with Crippen LogP contribution in [0.1, 0.15) is 281 Å². The minimum atomic E-state index is -0.587. The molecule has 0 aromatic heterocycles. The minimum absolute atomic E-state index is 0.0109. The second kappa shape index (κ2) is 67.4. The summed E-state index contributed by atoms with van der Waals surface area (Å²) in [5.74, 6) is 5.07. The van der Waals surface area contributed by atoms with Gasteiger partial charge in [0.1, 0.15) is 30.0 Å². The van der Waals surface area contributed by atoms with E-state index in [2.05, 4.69) is 101 Å². The van der Waals surface area contributed by atoms with Gasteiger partial charge in [-0.2, -0.15) is 0 Å². The van der Waals surface area contributed by atoms with Gasteiger partial charge >= 0.3 is 36.2 Å². The molecule has 0 heterocycles. The van der Waals surface area contributed by atoms with Crippen LogP contribution in [0.3, 0.4) is 0 Å². The summed E-state index contributed by atoms with van der Waals surface area (Å²) in [5, 5.41) is 3.10. The molecular formula is C77H167N4O14+.